The second-order valence-corrected chi connectivity index (χ2v) is 7.63. The van der Waals surface area contributed by atoms with Gasteiger partial charge in [0.25, 0.3) is 10.0 Å². The van der Waals surface area contributed by atoms with E-state index in [0.717, 1.165) is 4.31 Å². The summed E-state index contributed by atoms with van der Waals surface area (Å²) in [5, 5.41) is 0. The number of nitrogens with zero attached hydrogens (tertiary/aromatic N) is 2. The molecule has 0 aromatic heterocycles. The quantitative estimate of drug-likeness (QED) is 0.797. The van der Waals surface area contributed by atoms with Gasteiger partial charge in [0.05, 0.1) is 23.8 Å². The standard InChI is InChI=1S/C18H19FN2O4S/c19-16-8-4-5-9-17(16)21(14-18(22)20-10-12-25-13-11-20)26(23,24)15-6-2-1-3-7-15/h1-9H,10-14H2. The van der Waals surface area contributed by atoms with Gasteiger partial charge in [-0.2, -0.15) is 0 Å². The van der Waals surface area contributed by atoms with Gasteiger partial charge in [0.15, 0.2) is 0 Å². The van der Waals surface area contributed by atoms with Gasteiger partial charge in [0, 0.05) is 13.1 Å². The van der Waals surface area contributed by atoms with Gasteiger partial charge in [-0.3, -0.25) is 9.10 Å². The topological polar surface area (TPSA) is 66.9 Å². The number of rotatable bonds is 5. The molecule has 0 unspecified atom stereocenters. The van der Waals surface area contributed by atoms with E-state index < -0.39 is 28.3 Å². The maximum Gasteiger partial charge on any atom is 0.264 e. The Bertz CT molecular complexity index is 868. The molecule has 0 radical (unpaired) electrons. The molecule has 1 saturated heterocycles. The fraction of sp³-hybridized carbons (Fsp3) is 0.278. The lowest BCUT2D eigenvalue weighted by Gasteiger charge is -2.30. The first-order valence-electron chi connectivity index (χ1n) is 8.18. The Hall–Kier alpha value is -2.45. The number of ether oxygens (including phenoxy) is 1. The Morgan fingerprint density at radius 3 is 2.31 bits per heavy atom. The molecular formula is C18H19FN2O4S. The van der Waals surface area contributed by atoms with E-state index in [1.165, 1.54) is 41.3 Å². The molecule has 0 aliphatic carbocycles. The molecular weight excluding hydrogens is 359 g/mol. The highest BCUT2D eigenvalue weighted by Crippen LogP contribution is 2.26. The van der Waals surface area contributed by atoms with Crippen molar-refractivity contribution in [3.8, 4) is 0 Å². The van der Waals surface area contributed by atoms with E-state index in [1.54, 1.807) is 18.2 Å². The van der Waals surface area contributed by atoms with Crippen molar-refractivity contribution in [1.82, 2.24) is 4.90 Å². The minimum Gasteiger partial charge on any atom is -0.378 e. The van der Waals surface area contributed by atoms with E-state index in [0.29, 0.717) is 26.3 Å². The van der Waals surface area contributed by atoms with Gasteiger partial charge in [-0.1, -0.05) is 30.3 Å². The minimum atomic E-state index is -4.10. The summed E-state index contributed by atoms with van der Waals surface area (Å²) in [7, 11) is -4.10. The normalized spacial score (nSPS) is 14.9. The summed E-state index contributed by atoms with van der Waals surface area (Å²) < 4.78 is 46.5. The maximum absolute atomic E-state index is 14.3. The Morgan fingerprint density at radius 2 is 1.65 bits per heavy atom. The number of sulfonamides is 1. The van der Waals surface area contributed by atoms with E-state index in [4.69, 9.17) is 4.74 Å². The molecule has 6 nitrogen and oxygen atoms in total. The molecule has 1 aliphatic heterocycles. The molecule has 8 heteroatoms. The summed E-state index contributed by atoms with van der Waals surface area (Å²) >= 11 is 0. The number of amides is 1. The lowest BCUT2D eigenvalue weighted by atomic mass is 10.3. The van der Waals surface area contributed by atoms with Crippen molar-refractivity contribution in [1.29, 1.82) is 0 Å². The smallest absolute Gasteiger partial charge is 0.264 e. The van der Waals surface area contributed by atoms with Crippen LogP contribution in [-0.4, -0.2) is 52.1 Å². The molecule has 0 N–H and O–H groups in total. The van der Waals surface area contributed by atoms with Crippen LogP contribution in [0.1, 0.15) is 0 Å². The molecule has 26 heavy (non-hydrogen) atoms. The van der Waals surface area contributed by atoms with Crippen LogP contribution in [0.4, 0.5) is 10.1 Å². The third kappa shape index (κ3) is 3.86. The van der Waals surface area contributed by atoms with E-state index in [2.05, 4.69) is 0 Å². The Balaban J connectivity index is 1.97. The maximum atomic E-state index is 14.3. The molecule has 0 atom stereocenters. The minimum absolute atomic E-state index is 0.00182. The third-order valence-electron chi connectivity index (χ3n) is 4.10. The third-order valence-corrected chi connectivity index (χ3v) is 5.87. The predicted octanol–water partition coefficient (Wildman–Crippen LogP) is 1.88. The highest BCUT2D eigenvalue weighted by Gasteiger charge is 2.30. The largest absolute Gasteiger partial charge is 0.378 e. The van der Waals surface area contributed by atoms with Crippen molar-refractivity contribution in [3.05, 3.63) is 60.4 Å². The number of hydrogen-bond donors (Lipinski definition) is 0. The molecule has 1 fully saturated rings. The Kier molecular flexibility index (Phi) is 5.53. The number of hydrogen-bond acceptors (Lipinski definition) is 4. The molecule has 0 saturated carbocycles. The van der Waals surface area contributed by atoms with Crippen LogP contribution < -0.4 is 4.31 Å². The first kappa shape index (κ1) is 18.3. The van der Waals surface area contributed by atoms with Crippen LogP contribution in [0.2, 0.25) is 0 Å². The van der Waals surface area contributed by atoms with Crippen molar-refractivity contribution in [2.45, 2.75) is 4.90 Å². The van der Waals surface area contributed by atoms with Gasteiger partial charge in [0.1, 0.15) is 12.4 Å². The van der Waals surface area contributed by atoms with E-state index in [9.17, 15) is 17.6 Å². The Labute approximate surface area is 151 Å². The lowest BCUT2D eigenvalue weighted by molar-refractivity contribution is -0.133. The van der Waals surface area contributed by atoms with Crippen molar-refractivity contribution in [3.63, 3.8) is 0 Å². The summed E-state index contributed by atoms with van der Waals surface area (Å²) in [5.74, 6) is -1.10. The fourth-order valence-corrected chi connectivity index (χ4v) is 4.15. The number of para-hydroxylation sites is 1. The van der Waals surface area contributed by atoms with Crippen LogP contribution in [0, 0.1) is 5.82 Å². The van der Waals surface area contributed by atoms with Gasteiger partial charge in [-0.05, 0) is 24.3 Å². The highest BCUT2D eigenvalue weighted by atomic mass is 32.2. The van der Waals surface area contributed by atoms with Crippen molar-refractivity contribution < 1.29 is 22.3 Å². The Morgan fingerprint density at radius 1 is 1.04 bits per heavy atom. The molecule has 0 spiro atoms. The number of carbonyl (C=O) groups is 1. The van der Waals surface area contributed by atoms with Crippen LogP contribution >= 0.6 is 0 Å². The molecule has 2 aromatic rings. The average molecular weight is 378 g/mol. The van der Waals surface area contributed by atoms with Gasteiger partial charge in [-0.15, -0.1) is 0 Å². The highest BCUT2D eigenvalue weighted by molar-refractivity contribution is 7.92. The molecule has 3 rings (SSSR count). The molecule has 1 heterocycles. The predicted molar refractivity (Wildman–Crippen MR) is 94.8 cm³/mol. The first-order valence-corrected chi connectivity index (χ1v) is 9.62. The van der Waals surface area contributed by atoms with E-state index in [1.807, 2.05) is 0 Å². The number of carbonyl (C=O) groups excluding carboxylic acids is 1. The van der Waals surface area contributed by atoms with Gasteiger partial charge >= 0.3 is 0 Å². The first-order chi connectivity index (χ1) is 12.5. The second kappa shape index (κ2) is 7.84. The van der Waals surface area contributed by atoms with Crippen LogP contribution in [-0.2, 0) is 19.6 Å². The van der Waals surface area contributed by atoms with E-state index >= 15 is 0 Å². The summed E-state index contributed by atoms with van der Waals surface area (Å²) in [5.41, 5.74) is -0.155. The monoisotopic (exact) mass is 378 g/mol. The SMILES string of the molecule is O=C(CN(c1ccccc1F)S(=O)(=O)c1ccccc1)N1CCOCC1. The molecule has 138 valence electrons. The van der Waals surface area contributed by atoms with Crippen LogP contribution in [0.5, 0.6) is 0 Å². The summed E-state index contributed by atoms with van der Waals surface area (Å²) in [6, 6.07) is 13.2. The second-order valence-electron chi connectivity index (χ2n) is 5.77. The van der Waals surface area contributed by atoms with Crippen LogP contribution in [0.15, 0.2) is 59.5 Å². The van der Waals surface area contributed by atoms with Crippen molar-refractivity contribution in [2.24, 2.45) is 0 Å². The summed E-state index contributed by atoms with van der Waals surface area (Å²) in [6.07, 6.45) is 0. The van der Waals surface area contributed by atoms with Crippen molar-refractivity contribution >= 4 is 21.6 Å². The average Bonchev–Trinajstić information content (AvgIpc) is 2.68. The zero-order chi connectivity index (χ0) is 18.6. The number of anilines is 1. The fourth-order valence-electron chi connectivity index (χ4n) is 2.71. The summed E-state index contributed by atoms with van der Waals surface area (Å²) in [4.78, 5) is 14.1. The lowest BCUT2D eigenvalue weighted by Crippen LogP contribution is -2.47. The zero-order valence-electron chi connectivity index (χ0n) is 14.0. The molecule has 0 bridgehead atoms. The van der Waals surface area contributed by atoms with Gasteiger partial charge in [-0.25, -0.2) is 12.8 Å². The van der Waals surface area contributed by atoms with Gasteiger partial charge in [0.2, 0.25) is 5.91 Å². The number of morpholine rings is 1. The molecule has 2 aromatic carbocycles. The molecule has 1 aliphatic rings. The summed E-state index contributed by atoms with van der Waals surface area (Å²) in [6.45, 7) is 1.09. The molecule has 1 amide bonds. The number of halogens is 1. The zero-order valence-corrected chi connectivity index (χ0v) is 14.9. The van der Waals surface area contributed by atoms with E-state index in [-0.39, 0.29) is 10.6 Å². The van der Waals surface area contributed by atoms with Crippen LogP contribution in [0.25, 0.3) is 0 Å². The van der Waals surface area contributed by atoms with Gasteiger partial charge < -0.3 is 9.64 Å². The van der Waals surface area contributed by atoms with Crippen molar-refractivity contribution in [2.75, 3.05) is 37.2 Å². The number of benzene rings is 2. The van der Waals surface area contributed by atoms with Crippen LogP contribution in [0.3, 0.4) is 0 Å².